The first kappa shape index (κ1) is 15.6. The number of hydrogen-bond acceptors (Lipinski definition) is 4. The topological polar surface area (TPSA) is 116 Å². The first-order valence-electron chi connectivity index (χ1n) is 4.58. The van der Waals surface area contributed by atoms with Crippen LogP contribution in [0.3, 0.4) is 0 Å². The zero-order chi connectivity index (χ0) is 11.2. The maximum atomic E-state index is 8.56. The van der Waals surface area contributed by atoms with Crippen molar-refractivity contribution in [2.24, 2.45) is 5.73 Å². The number of nitrogens with one attached hydrogen (secondary N) is 1. The van der Waals surface area contributed by atoms with Gasteiger partial charge in [0, 0.05) is 6.61 Å². The zero-order valence-corrected chi connectivity index (χ0v) is 8.28. The molecule has 0 atom stereocenters. The van der Waals surface area contributed by atoms with E-state index in [-0.39, 0.29) is 6.61 Å². The van der Waals surface area contributed by atoms with E-state index in [1.807, 2.05) is 0 Å². The number of hydrogen-bond donors (Lipinski definition) is 5. The number of aliphatic hydroxyl groups excluding tert-OH is 1. The van der Waals surface area contributed by atoms with Crippen LogP contribution in [0, 0.1) is 0 Å². The highest BCUT2D eigenvalue weighted by Gasteiger charge is 1.85. The molecule has 14 heavy (non-hydrogen) atoms. The van der Waals surface area contributed by atoms with Crippen LogP contribution < -0.4 is 11.1 Å². The largest absolute Gasteiger partial charge is 0.503 e. The molecule has 6 nitrogen and oxygen atoms in total. The van der Waals surface area contributed by atoms with E-state index in [1.165, 1.54) is 0 Å². The predicted molar refractivity (Wildman–Crippen MR) is 53.5 cm³/mol. The van der Waals surface area contributed by atoms with Gasteiger partial charge >= 0.3 is 6.16 Å². The van der Waals surface area contributed by atoms with Crippen LogP contribution in [0.15, 0.2) is 0 Å². The lowest BCUT2D eigenvalue weighted by Crippen LogP contribution is -2.18. The van der Waals surface area contributed by atoms with Crippen LogP contribution in [0.4, 0.5) is 4.79 Å². The predicted octanol–water partition coefficient (Wildman–Crippen LogP) is -0.0803. The molecule has 0 aliphatic heterocycles. The second-order valence-corrected chi connectivity index (χ2v) is 2.61. The minimum absolute atomic E-state index is 0.282. The normalized spacial score (nSPS) is 9.00. The van der Waals surface area contributed by atoms with Gasteiger partial charge in [-0.1, -0.05) is 0 Å². The van der Waals surface area contributed by atoms with Crippen molar-refractivity contribution in [3.8, 4) is 0 Å². The maximum absolute atomic E-state index is 8.56. The van der Waals surface area contributed by atoms with Gasteiger partial charge in [0.1, 0.15) is 0 Å². The van der Waals surface area contributed by atoms with Crippen molar-refractivity contribution >= 4 is 6.16 Å². The summed E-state index contributed by atoms with van der Waals surface area (Å²) in [5.41, 5.74) is 5.30. The molecule has 0 rings (SSSR count). The summed E-state index contributed by atoms with van der Waals surface area (Å²) in [5.74, 6) is 0. The number of aliphatic hydroxyl groups is 1. The van der Waals surface area contributed by atoms with Crippen molar-refractivity contribution < 1.29 is 20.1 Å². The number of carboxylic acid groups (broad SMARTS) is 2. The highest BCUT2D eigenvalue weighted by atomic mass is 16.6. The van der Waals surface area contributed by atoms with Crippen LogP contribution >= 0.6 is 0 Å². The van der Waals surface area contributed by atoms with Crippen LogP contribution in [0.5, 0.6) is 0 Å². The molecule has 6 N–H and O–H groups in total. The number of carbonyl (C=O) groups is 1. The van der Waals surface area contributed by atoms with E-state index < -0.39 is 6.16 Å². The van der Waals surface area contributed by atoms with Crippen LogP contribution in [0.2, 0.25) is 0 Å². The van der Waals surface area contributed by atoms with Crippen molar-refractivity contribution in [3.63, 3.8) is 0 Å². The summed E-state index contributed by atoms with van der Waals surface area (Å²) >= 11 is 0. The Hall–Kier alpha value is -0.850. The van der Waals surface area contributed by atoms with Crippen LogP contribution in [0.1, 0.15) is 19.3 Å². The quantitative estimate of drug-likeness (QED) is 0.374. The Labute approximate surface area is 83.7 Å². The zero-order valence-electron chi connectivity index (χ0n) is 8.28. The highest BCUT2D eigenvalue weighted by Crippen LogP contribution is 1.82. The Kier molecular flexibility index (Phi) is 16.4. The average molecular weight is 208 g/mol. The van der Waals surface area contributed by atoms with Gasteiger partial charge in [0.2, 0.25) is 0 Å². The third kappa shape index (κ3) is 30.4. The summed E-state index contributed by atoms with van der Waals surface area (Å²) < 4.78 is 0. The minimum Gasteiger partial charge on any atom is -0.450 e. The van der Waals surface area contributed by atoms with Gasteiger partial charge in [0.05, 0.1) is 0 Å². The van der Waals surface area contributed by atoms with Gasteiger partial charge in [-0.05, 0) is 38.9 Å². The third-order valence-corrected chi connectivity index (χ3v) is 1.32. The molecule has 0 aromatic rings. The third-order valence-electron chi connectivity index (χ3n) is 1.32. The van der Waals surface area contributed by atoms with E-state index in [9.17, 15) is 0 Å². The van der Waals surface area contributed by atoms with Gasteiger partial charge in [0.15, 0.2) is 0 Å². The van der Waals surface area contributed by atoms with E-state index in [0.29, 0.717) is 0 Å². The lowest BCUT2D eigenvalue weighted by molar-refractivity contribution is 0.137. The molecule has 0 amide bonds. The summed E-state index contributed by atoms with van der Waals surface area (Å²) in [7, 11) is 0. The van der Waals surface area contributed by atoms with Gasteiger partial charge in [-0.25, -0.2) is 4.79 Å². The Balaban J connectivity index is 0. The van der Waals surface area contributed by atoms with Gasteiger partial charge < -0.3 is 26.4 Å². The summed E-state index contributed by atoms with van der Waals surface area (Å²) in [4.78, 5) is 8.56. The standard InChI is InChI=1S/C7H18N2O.CH2O3/c8-4-1-2-5-9-6-3-7-10;2-1(3)4/h9-10H,1-8H2;(H2,2,3,4). The van der Waals surface area contributed by atoms with Crippen molar-refractivity contribution in [3.05, 3.63) is 0 Å². The molecule has 0 aromatic heterocycles. The number of unbranched alkanes of at least 4 members (excludes halogenated alkanes) is 1. The molecular weight excluding hydrogens is 188 g/mol. The molecule has 0 aromatic carbocycles. The lowest BCUT2D eigenvalue weighted by atomic mass is 10.3. The molecular formula is C8H20N2O4. The molecule has 0 saturated heterocycles. The molecule has 0 heterocycles. The smallest absolute Gasteiger partial charge is 0.450 e. The van der Waals surface area contributed by atoms with Crippen LogP contribution in [0.25, 0.3) is 0 Å². The molecule has 6 heteroatoms. The van der Waals surface area contributed by atoms with E-state index in [0.717, 1.165) is 38.9 Å². The molecule has 0 saturated carbocycles. The van der Waals surface area contributed by atoms with Gasteiger partial charge in [-0.15, -0.1) is 0 Å². The molecule has 0 radical (unpaired) electrons. The van der Waals surface area contributed by atoms with E-state index >= 15 is 0 Å². The Morgan fingerprint density at radius 2 is 1.64 bits per heavy atom. The lowest BCUT2D eigenvalue weighted by Gasteiger charge is -2.00. The van der Waals surface area contributed by atoms with Crippen molar-refractivity contribution in [2.45, 2.75) is 19.3 Å². The molecule has 0 spiro atoms. The molecule has 0 fully saturated rings. The fourth-order valence-electron chi connectivity index (χ4n) is 0.723. The first-order valence-corrected chi connectivity index (χ1v) is 4.58. The average Bonchev–Trinajstić information content (AvgIpc) is 2.10. The van der Waals surface area contributed by atoms with E-state index in [4.69, 9.17) is 25.8 Å². The summed E-state index contributed by atoms with van der Waals surface area (Å²) in [5, 5.41) is 25.6. The van der Waals surface area contributed by atoms with Gasteiger partial charge in [0.25, 0.3) is 0 Å². The molecule has 0 aliphatic carbocycles. The Morgan fingerprint density at radius 1 is 1.14 bits per heavy atom. The summed E-state index contributed by atoms with van der Waals surface area (Å²) in [6, 6.07) is 0. The van der Waals surface area contributed by atoms with E-state index in [2.05, 4.69) is 5.32 Å². The molecule has 0 aliphatic rings. The number of rotatable bonds is 7. The monoisotopic (exact) mass is 208 g/mol. The second kappa shape index (κ2) is 14.7. The summed E-state index contributed by atoms with van der Waals surface area (Å²) in [6.45, 7) is 3.00. The molecule has 0 bridgehead atoms. The van der Waals surface area contributed by atoms with Crippen LogP contribution in [-0.4, -0.2) is 47.7 Å². The Bertz CT molecular complexity index is 110. The van der Waals surface area contributed by atoms with Crippen molar-refractivity contribution in [1.82, 2.24) is 5.32 Å². The fourth-order valence-corrected chi connectivity index (χ4v) is 0.723. The van der Waals surface area contributed by atoms with Crippen LogP contribution in [-0.2, 0) is 0 Å². The minimum atomic E-state index is -1.83. The number of nitrogens with two attached hydrogens (primary N) is 1. The van der Waals surface area contributed by atoms with Gasteiger partial charge in [-0.2, -0.15) is 0 Å². The second-order valence-electron chi connectivity index (χ2n) is 2.61. The summed E-state index contributed by atoms with van der Waals surface area (Å²) in [6.07, 6.45) is 1.25. The highest BCUT2D eigenvalue weighted by molar-refractivity contribution is 5.53. The molecule has 0 unspecified atom stereocenters. The van der Waals surface area contributed by atoms with Crippen molar-refractivity contribution in [1.29, 1.82) is 0 Å². The van der Waals surface area contributed by atoms with Gasteiger partial charge in [-0.3, -0.25) is 0 Å². The first-order chi connectivity index (χ1) is 6.65. The van der Waals surface area contributed by atoms with Crippen molar-refractivity contribution in [2.75, 3.05) is 26.2 Å². The fraction of sp³-hybridized carbons (Fsp3) is 0.875. The Morgan fingerprint density at radius 3 is 2.07 bits per heavy atom. The molecule has 86 valence electrons. The SMILES string of the molecule is NCCCCNCCCO.O=C(O)O. The van der Waals surface area contributed by atoms with E-state index in [1.54, 1.807) is 0 Å². The maximum Gasteiger partial charge on any atom is 0.503 e.